The number of hydrogen-bond acceptors (Lipinski definition) is 4. The van der Waals surface area contributed by atoms with E-state index in [1.54, 1.807) is 7.05 Å². The summed E-state index contributed by atoms with van der Waals surface area (Å²) in [6.45, 7) is 0. The number of anilines is 1. The molecule has 0 spiro atoms. The number of nitrogens with zero attached hydrogens (tertiary/aromatic N) is 2. The normalized spacial score (nSPS) is 16.9. The Kier molecular flexibility index (Phi) is 4.29. The Bertz CT molecular complexity index is 589. The molecule has 20 heavy (non-hydrogen) atoms. The molecule has 2 rings (SSSR count). The Morgan fingerprint density at radius 2 is 2.05 bits per heavy atom. The van der Waals surface area contributed by atoms with E-state index in [9.17, 15) is 13.2 Å². The molecule has 0 atom stereocenters. The van der Waals surface area contributed by atoms with Crippen molar-refractivity contribution in [3.63, 3.8) is 0 Å². The molecular formula is C11H19N5O3S. The number of aryl methyl sites for hydroxylation is 1. The Morgan fingerprint density at radius 1 is 1.40 bits per heavy atom. The number of aromatic nitrogens is 2. The minimum Gasteiger partial charge on any atom is -0.335 e. The highest BCUT2D eigenvalue weighted by atomic mass is 32.2. The van der Waals surface area contributed by atoms with Gasteiger partial charge in [0, 0.05) is 19.3 Å². The van der Waals surface area contributed by atoms with Crippen molar-refractivity contribution < 1.29 is 13.2 Å². The van der Waals surface area contributed by atoms with Gasteiger partial charge in [0.25, 0.3) is 0 Å². The van der Waals surface area contributed by atoms with Crippen molar-refractivity contribution in [2.45, 2.75) is 43.0 Å². The molecule has 1 aliphatic rings. The summed E-state index contributed by atoms with van der Waals surface area (Å²) in [6.07, 6.45) is 6.52. The Hall–Kier alpha value is -1.61. The number of nitrogens with two attached hydrogens (primary N) is 1. The third-order valence-electron chi connectivity index (χ3n) is 3.27. The first-order chi connectivity index (χ1) is 9.36. The van der Waals surface area contributed by atoms with Crippen LogP contribution in [0.3, 0.4) is 0 Å². The molecule has 0 saturated heterocycles. The van der Waals surface area contributed by atoms with Crippen molar-refractivity contribution >= 4 is 21.9 Å². The molecule has 1 saturated carbocycles. The van der Waals surface area contributed by atoms with E-state index in [0.29, 0.717) is 0 Å². The van der Waals surface area contributed by atoms with Crippen molar-refractivity contribution in [3.05, 3.63) is 6.20 Å². The van der Waals surface area contributed by atoms with Gasteiger partial charge in [-0.15, -0.1) is 0 Å². The maximum absolute atomic E-state index is 11.9. The predicted molar refractivity (Wildman–Crippen MR) is 73.6 cm³/mol. The molecule has 9 heteroatoms. The average molecular weight is 301 g/mol. The summed E-state index contributed by atoms with van der Waals surface area (Å²) in [5.41, 5.74) is 0. The van der Waals surface area contributed by atoms with Crippen LogP contribution in [0.4, 0.5) is 10.6 Å². The van der Waals surface area contributed by atoms with Crippen LogP contribution in [0.2, 0.25) is 0 Å². The first-order valence-corrected chi connectivity index (χ1v) is 8.05. The molecule has 1 fully saturated rings. The topological polar surface area (TPSA) is 119 Å². The van der Waals surface area contributed by atoms with Gasteiger partial charge in [0.05, 0.1) is 0 Å². The fourth-order valence-electron chi connectivity index (χ4n) is 2.34. The smallest absolute Gasteiger partial charge is 0.320 e. The van der Waals surface area contributed by atoms with E-state index in [-0.39, 0.29) is 16.8 Å². The molecular weight excluding hydrogens is 282 g/mol. The highest BCUT2D eigenvalue weighted by Crippen LogP contribution is 2.19. The molecule has 0 aliphatic heterocycles. The van der Waals surface area contributed by atoms with Gasteiger partial charge in [-0.2, -0.15) is 5.10 Å². The van der Waals surface area contributed by atoms with Crippen LogP contribution in [-0.4, -0.2) is 30.3 Å². The average Bonchev–Trinajstić information content (AvgIpc) is 2.71. The summed E-state index contributed by atoms with van der Waals surface area (Å²) in [7, 11) is -2.36. The van der Waals surface area contributed by atoms with Crippen molar-refractivity contribution in [2.24, 2.45) is 12.2 Å². The molecule has 0 radical (unpaired) electrons. The van der Waals surface area contributed by atoms with Crippen molar-refractivity contribution in [2.75, 3.05) is 5.32 Å². The zero-order chi connectivity index (χ0) is 14.8. The predicted octanol–water partition coefficient (Wildman–Crippen LogP) is 0.522. The zero-order valence-electron chi connectivity index (χ0n) is 11.3. The van der Waals surface area contributed by atoms with Crippen LogP contribution >= 0.6 is 0 Å². The number of amides is 2. The highest BCUT2D eigenvalue weighted by Gasteiger charge is 2.21. The lowest BCUT2D eigenvalue weighted by Gasteiger charge is -2.22. The minimum atomic E-state index is -3.92. The van der Waals surface area contributed by atoms with Crippen LogP contribution in [0, 0.1) is 0 Å². The van der Waals surface area contributed by atoms with Gasteiger partial charge < -0.3 is 5.32 Å². The van der Waals surface area contributed by atoms with E-state index >= 15 is 0 Å². The van der Waals surface area contributed by atoms with Crippen LogP contribution in [-0.2, 0) is 17.1 Å². The second-order valence-electron chi connectivity index (χ2n) is 4.99. The van der Waals surface area contributed by atoms with Gasteiger partial charge in [-0.3, -0.25) is 10.00 Å². The maximum atomic E-state index is 11.9. The summed E-state index contributed by atoms with van der Waals surface area (Å²) in [6, 6.07) is -0.328. The summed E-state index contributed by atoms with van der Waals surface area (Å²) >= 11 is 0. The van der Waals surface area contributed by atoms with Gasteiger partial charge in [0.2, 0.25) is 10.0 Å². The molecule has 2 amide bonds. The third-order valence-corrected chi connectivity index (χ3v) is 4.19. The van der Waals surface area contributed by atoms with Gasteiger partial charge in [-0.25, -0.2) is 18.4 Å². The SMILES string of the molecule is Cn1cc(S(N)(=O)=O)c(NC(=O)NC2CCCCC2)n1. The quantitative estimate of drug-likeness (QED) is 0.754. The monoisotopic (exact) mass is 301 g/mol. The molecule has 4 N–H and O–H groups in total. The lowest BCUT2D eigenvalue weighted by Crippen LogP contribution is -2.39. The number of urea groups is 1. The Labute approximate surface area is 117 Å². The lowest BCUT2D eigenvalue weighted by atomic mass is 9.96. The first-order valence-electron chi connectivity index (χ1n) is 6.50. The molecule has 0 aromatic carbocycles. The number of sulfonamides is 1. The minimum absolute atomic E-state index is 0.0525. The van der Waals surface area contributed by atoms with Crippen LogP contribution in [0.15, 0.2) is 11.1 Å². The van der Waals surface area contributed by atoms with Crippen LogP contribution in [0.1, 0.15) is 32.1 Å². The van der Waals surface area contributed by atoms with E-state index in [4.69, 9.17) is 5.14 Å². The van der Waals surface area contributed by atoms with Crippen molar-refractivity contribution in [3.8, 4) is 0 Å². The fraction of sp³-hybridized carbons (Fsp3) is 0.636. The molecule has 1 aromatic rings. The van der Waals surface area contributed by atoms with Gasteiger partial charge >= 0.3 is 6.03 Å². The molecule has 112 valence electrons. The van der Waals surface area contributed by atoms with E-state index < -0.39 is 16.1 Å². The molecule has 0 bridgehead atoms. The van der Waals surface area contributed by atoms with Gasteiger partial charge in [-0.05, 0) is 12.8 Å². The Balaban J connectivity index is 2.04. The van der Waals surface area contributed by atoms with Crippen molar-refractivity contribution in [1.82, 2.24) is 15.1 Å². The summed E-state index contributed by atoms with van der Waals surface area (Å²) in [4.78, 5) is 11.7. The van der Waals surface area contributed by atoms with Crippen LogP contribution in [0.5, 0.6) is 0 Å². The first kappa shape index (κ1) is 14.8. The van der Waals surface area contributed by atoms with E-state index in [1.165, 1.54) is 17.3 Å². The Morgan fingerprint density at radius 3 is 2.65 bits per heavy atom. The zero-order valence-corrected chi connectivity index (χ0v) is 12.1. The fourth-order valence-corrected chi connectivity index (χ4v) is 3.00. The second kappa shape index (κ2) is 5.80. The molecule has 1 aliphatic carbocycles. The molecule has 1 heterocycles. The number of carbonyl (C=O) groups is 1. The second-order valence-corrected chi connectivity index (χ2v) is 6.52. The van der Waals surface area contributed by atoms with E-state index in [0.717, 1.165) is 25.7 Å². The van der Waals surface area contributed by atoms with Crippen molar-refractivity contribution in [1.29, 1.82) is 0 Å². The largest absolute Gasteiger partial charge is 0.335 e. The number of primary sulfonamides is 1. The standard InChI is InChI=1S/C11H19N5O3S/c1-16-7-9(20(12,18)19)10(15-16)14-11(17)13-8-5-3-2-4-6-8/h7-8H,2-6H2,1H3,(H2,12,18,19)(H2,13,14,15,17). The van der Waals surface area contributed by atoms with Gasteiger partial charge in [0.15, 0.2) is 5.82 Å². The maximum Gasteiger partial charge on any atom is 0.320 e. The van der Waals surface area contributed by atoms with E-state index in [2.05, 4.69) is 15.7 Å². The van der Waals surface area contributed by atoms with E-state index in [1.807, 2.05) is 0 Å². The molecule has 8 nitrogen and oxygen atoms in total. The van der Waals surface area contributed by atoms with Gasteiger partial charge in [-0.1, -0.05) is 19.3 Å². The summed E-state index contributed by atoms with van der Waals surface area (Å²) < 4.78 is 24.1. The molecule has 1 aromatic heterocycles. The summed E-state index contributed by atoms with van der Waals surface area (Å²) in [5, 5.41) is 14.2. The number of rotatable bonds is 3. The highest BCUT2D eigenvalue weighted by molar-refractivity contribution is 7.89. The number of carbonyl (C=O) groups excluding carboxylic acids is 1. The third kappa shape index (κ3) is 3.70. The number of hydrogen-bond donors (Lipinski definition) is 3. The lowest BCUT2D eigenvalue weighted by molar-refractivity contribution is 0.244. The summed E-state index contributed by atoms with van der Waals surface area (Å²) in [5.74, 6) is -0.0525. The van der Waals surface area contributed by atoms with Crippen LogP contribution in [0.25, 0.3) is 0 Å². The van der Waals surface area contributed by atoms with Crippen LogP contribution < -0.4 is 15.8 Å². The molecule has 0 unspecified atom stereocenters. The number of nitrogens with one attached hydrogen (secondary N) is 2. The van der Waals surface area contributed by atoms with Gasteiger partial charge in [0.1, 0.15) is 4.90 Å².